The quantitative estimate of drug-likeness (QED) is 0.454. The van der Waals surface area contributed by atoms with Crippen molar-refractivity contribution in [1.29, 1.82) is 0 Å². The molecule has 0 saturated heterocycles. The molecule has 0 bridgehead atoms. The van der Waals surface area contributed by atoms with Gasteiger partial charge >= 0.3 is 5.63 Å². The maximum absolute atomic E-state index is 13.0. The third-order valence-electron chi connectivity index (χ3n) is 5.21. The van der Waals surface area contributed by atoms with E-state index in [2.05, 4.69) is 5.32 Å². The van der Waals surface area contributed by atoms with Gasteiger partial charge in [0, 0.05) is 16.6 Å². The zero-order chi connectivity index (χ0) is 23.0. The lowest BCUT2D eigenvalue weighted by molar-refractivity contribution is 0.102. The molecule has 0 aliphatic rings. The molecular weight excluding hydrogens is 426 g/mol. The summed E-state index contributed by atoms with van der Waals surface area (Å²) in [7, 11) is -4.08. The number of benzene rings is 3. The van der Waals surface area contributed by atoms with Crippen LogP contribution in [0.5, 0.6) is 0 Å². The largest absolute Gasteiger partial charge is 0.422 e. The van der Waals surface area contributed by atoms with Crippen LogP contribution in [0.1, 0.15) is 27.0 Å². The van der Waals surface area contributed by atoms with E-state index in [1.54, 1.807) is 12.1 Å². The molecule has 1 N–H and O–H groups in total. The summed E-state index contributed by atoms with van der Waals surface area (Å²) < 4.78 is 31.2. The number of hydrogen-bond acceptors (Lipinski definition) is 5. The summed E-state index contributed by atoms with van der Waals surface area (Å²) in [5.41, 5.74) is 3.15. The van der Waals surface area contributed by atoms with E-state index < -0.39 is 20.4 Å². The molecule has 0 atom stereocenters. The van der Waals surface area contributed by atoms with Crippen LogP contribution < -0.4 is 10.9 Å². The van der Waals surface area contributed by atoms with Crippen molar-refractivity contribution in [2.75, 3.05) is 5.32 Å². The first-order valence-corrected chi connectivity index (χ1v) is 11.4. The maximum atomic E-state index is 13.0. The predicted octanol–water partition coefficient (Wildman–Crippen LogP) is 4.80. The van der Waals surface area contributed by atoms with Crippen LogP contribution in [0.2, 0.25) is 0 Å². The van der Waals surface area contributed by atoms with Gasteiger partial charge in [0.05, 0.1) is 4.90 Å². The molecule has 1 amide bonds. The monoisotopic (exact) mass is 447 g/mol. The third kappa shape index (κ3) is 4.07. The highest BCUT2D eigenvalue weighted by atomic mass is 32.2. The molecule has 32 heavy (non-hydrogen) atoms. The normalized spacial score (nSPS) is 11.5. The number of hydrogen-bond donors (Lipinski definition) is 1. The van der Waals surface area contributed by atoms with Gasteiger partial charge in [0.15, 0.2) is 4.90 Å². The van der Waals surface area contributed by atoms with Gasteiger partial charge in [0.2, 0.25) is 9.84 Å². The fraction of sp³-hybridized carbons (Fsp3) is 0.120. The molecule has 7 heteroatoms. The molecular formula is C25H21NO5S. The van der Waals surface area contributed by atoms with Gasteiger partial charge in [0.1, 0.15) is 5.58 Å². The first-order valence-electron chi connectivity index (χ1n) is 9.93. The van der Waals surface area contributed by atoms with Crippen LogP contribution in [0, 0.1) is 20.8 Å². The Bertz CT molecular complexity index is 1520. The Morgan fingerprint density at radius 2 is 1.53 bits per heavy atom. The molecule has 6 nitrogen and oxygen atoms in total. The molecule has 3 aromatic carbocycles. The molecule has 0 aliphatic carbocycles. The Labute approximate surface area is 185 Å². The van der Waals surface area contributed by atoms with Gasteiger partial charge in [-0.2, -0.15) is 0 Å². The highest BCUT2D eigenvalue weighted by molar-refractivity contribution is 7.91. The molecule has 162 valence electrons. The van der Waals surface area contributed by atoms with Gasteiger partial charge in [-0.25, -0.2) is 13.2 Å². The van der Waals surface area contributed by atoms with Crippen LogP contribution >= 0.6 is 0 Å². The SMILES string of the molecule is Cc1ccc(S(=O)(=O)c2cc3cc(C(=O)Nc4ccc(C)cc4C)ccc3oc2=O)cc1. The van der Waals surface area contributed by atoms with Crippen molar-refractivity contribution in [2.45, 2.75) is 30.6 Å². The molecule has 0 radical (unpaired) electrons. The molecule has 0 saturated carbocycles. The summed E-state index contributed by atoms with van der Waals surface area (Å²) in [6, 6.07) is 17.7. The Kier molecular flexibility index (Phi) is 5.44. The van der Waals surface area contributed by atoms with Gasteiger partial charge < -0.3 is 9.73 Å². The lowest BCUT2D eigenvalue weighted by Crippen LogP contribution is -2.15. The number of fused-ring (bicyclic) bond motifs is 1. The van der Waals surface area contributed by atoms with Crippen molar-refractivity contribution >= 4 is 32.4 Å². The van der Waals surface area contributed by atoms with E-state index in [0.29, 0.717) is 16.6 Å². The van der Waals surface area contributed by atoms with E-state index in [-0.39, 0.29) is 16.4 Å². The van der Waals surface area contributed by atoms with Crippen LogP contribution in [-0.2, 0) is 9.84 Å². The summed E-state index contributed by atoms with van der Waals surface area (Å²) in [6.45, 7) is 5.71. The number of amides is 1. The number of anilines is 1. The summed E-state index contributed by atoms with van der Waals surface area (Å²) in [5.74, 6) is -0.354. The van der Waals surface area contributed by atoms with Crippen LogP contribution in [0.15, 0.2) is 85.7 Å². The van der Waals surface area contributed by atoms with Crippen molar-refractivity contribution in [2.24, 2.45) is 0 Å². The summed E-state index contributed by atoms with van der Waals surface area (Å²) in [6.07, 6.45) is 0. The molecule has 1 aromatic heterocycles. The minimum atomic E-state index is -4.08. The number of carbonyl (C=O) groups is 1. The second kappa shape index (κ2) is 8.09. The number of rotatable bonds is 4. The van der Waals surface area contributed by atoms with E-state index in [1.807, 2.05) is 39.0 Å². The average molecular weight is 448 g/mol. The second-order valence-corrected chi connectivity index (χ2v) is 9.66. The average Bonchev–Trinajstić information content (AvgIpc) is 2.75. The second-order valence-electron chi connectivity index (χ2n) is 7.74. The van der Waals surface area contributed by atoms with Gasteiger partial charge in [-0.05, 0) is 68.8 Å². The first kappa shape index (κ1) is 21.5. The fourth-order valence-electron chi connectivity index (χ4n) is 3.43. The Hall–Kier alpha value is -3.71. The Morgan fingerprint density at radius 3 is 2.22 bits per heavy atom. The van der Waals surface area contributed by atoms with E-state index >= 15 is 0 Å². The predicted molar refractivity (Wildman–Crippen MR) is 123 cm³/mol. The zero-order valence-electron chi connectivity index (χ0n) is 17.8. The van der Waals surface area contributed by atoms with Crippen LogP contribution in [0.3, 0.4) is 0 Å². The van der Waals surface area contributed by atoms with Crippen LogP contribution in [0.4, 0.5) is 5.69 Å². The highest BCUT2D eigenvalue weighted by Crippen LogP contribution is 2.24. The van der Waals surface area contributed by atoms with Crippen molar-refractivity contribution in [1.82, 2.24) is 0 Å². The first-order chi connectivity index (χ1) is 15.1. The Morgan fingerprint density at radius 1 is 0.844 bits per heavy atom. The number of aryl methyl sites for hydroxylation is 3. The van der Waals surface area contributed by atoms with E-state index in [4.69, 9.17) is 4.42 Å². The van der Waals surface area contributed by atoms with Crippen molar-refractivity contribution in [3.05, 3.63) is 99.4 Å². The van der Waals surface area contributed by atoms with Crippen LogP contribution in [0.25, 0.3) is 11.0 Å². The maximum Gasteiger partial charge on any atom is 0.355 e. The lowest BCUT2D eigenvalue weighted by Gasteiger charge is -2.10. The smallest absolute Gasteiger partial charge is 0.355 e. The minimum absolute atomic E-state index is 0.00139. The molecule has 0 spiro atoms. The summed E-state index contributed by atoms with van der Waals surface area (Å²) in [4.78, 5) is 24.7. The van der Waals surface area contributed by atoms with E-state index in [9.17, 15) is 18.0 Å². The lowest BCUT2D eigenvalue weighted by atomic mass is 10.1. The third-order valence-corrected chi connectivity index (χ3v) is 6.97. The van der Waals surface area contributed by atoms with E-state index in [0.717, 1.165) is 16.7 Å². The molecule has 4 rings (SSSR count). The van der Waals surface area contributed by atoms with Crippen molar-refractivity contribution in [3.63, 3.8) is 0 Å². The molecule has 0 aliphatic heterocycles. The topological polar surface area (TPSA) is 93.4 Å². The minimum Gasteiger partial charge on any atom is -0.422 e. The highest BCUT2D eigenvalue weighted by Gasteiger charge is 2.23. The Balaban J connectivity index is 1.74. The van der Waals surface area contributed by atoms with Crippen LogP contribution in [-0.4, -0.2) is 14.3 Å². The fourth-order valence-corrected chi connectivity index (χ4v) is 4.72. The molecule has 4 aromatic rings. The number of nitrogens with one attached hydrogen (secondary N) is 1. The van der Waals surface area contributed by atoms with Gasteiger partial charge in [-0.3, -0.25) is 4.79 Å². The van der Waals surface area contributed by atoms with Crippen molar-refractivity contribution in [3.8, 4) is 0 Å². The van der Waals surface area contributed by atoms with E-state index in [1.165, 1.54) is 36.4 Å². The standard InChI is InChI=1S/C25H21NO5S/c1-15-4-8-20(9-5-15)32(29,30)23-14-19-13-18(7-11-22(19)31-25(23)28)24(27)26-21-10-6-16(2)12-17(21)3/h4-14H,1-3H3,(H,26,27). The number of carbonyl (C=O) groups excluding carboxylic acids is 1. The van der Waals surface area contributed by atoms with Crippen molar-refractivity contribution < 1.29 is 17.6 Å². The van der Waals surface area contributed by atoms with Gasteiger partial charge in [-0.15, -0.1) is 0 Å². The van der Waals surface area contributed by atoms with Gasteiger partial charge in [-0.1, -0.05) is 35.4 Å². The number of sulfone groups is 1. The summed E-state index contributed by atoms with van der Waals surface area (Å²) in [5, 5.41) is 3.19. The summed E-state index contributed by atoms with van der Waals surface area (Å²) >= 11 is 0. The van der Waals surface area contributed by atoms with Gasteiger partial charge in [0.25, 0.3) is 5.91 Å². The molecule has 1 heterocycles. The molecule has 0 fully saturated rings. The zero-order valence-corrected chi connectivity index (χ0v) is 18.6. The molecule has 0 unspecified atom stereocenters.